The lowest BCUT2D eigenvalue weighted by Crippen LogP contribution is -2.47. The van der Waals surface area contributed by atoms with Gasteiger partial charge in [0.2, 0.25) is 0 Å². The van der Waals surface area contributed by atoms with Gasteiger partial charge < -0.3 is 5.32 Å². The Hall–Kier alpha value is -0.350. The largest absolute Gasteiger partial charge is 0.346 e. The van der Waals surface area contributed by atoms with Crippen molar-refractivity contribution in [1.29, 1.82) is 0 Å². The lowest BCUT2D eigenvalue weighted by molar-refractivity contribution is 0.0910. The summed E-state index contributed by atoms with van der Waals surface area (Å²) in [5.74, 6) is 0.0429. The number of carbonyl (C=O) groups excluding carboxylic acids is 1. The molecule has 2 nitrogen and oxygen atoms in total. The normalized spacial score (nSPS) is 17.7. The molecular formula is C14H17Br2NO. The predicted molar refractivity (Wildman–Crippen MR) is 81.3 cm³/mol. The van der Waals surface area contributed by atoms with Crippen molar-refractivity contribution in [3.8, 4) is 0 Å². The third kappa shape index (κ3) is 2.97. The van der Waals surface area contributed by atoms with Gasteiger partial charge in [-0.05, 0) is 43.5 Å². The number of halogens is 2. The van der Waals surface area contributed by atoms with Crippen LogP contribution in [0.4, 0.5) is 0 Å². The molecule has 1 aromatic rings. The third-order valence-electron chi connectivity index (χ3n) is 3.63. The zero-order valence-electron chi connectivity index (χ0n) is 10.4. The monoisotopic (exact) mass is 373 g/mol. The quantitative estimate of drug-likeness (QED) is 0.789. The maximum atomic E-state index is 12.3. The minimum absolute atomic E-state index is 0.0429. The van der Waals surface area contributed by atoms with Gasteiger partial charge in [-0.15, -0.1) is 0 Å². The molecule has 4 heteroatoms. The van der Waals surface area contributed by atoms with E-state index in [0.717, 1.165) is 33.8 Å². The number of rotatable bonds is 3. The molecule has 0 unspecified atom stereocenters. The second-order valence-corrected chi connectivity index (χ2v) is 6.51. The first-order valence-corrected chi connectivity index (χ1v) is 8.12. The Morgan fingerprint density at radius 2 is 2.06 bits per heavy atom. The Labute approximate surface area is 125 Å². The van der Waals surface area contributed by atoms with Gasteiger partial charge in [0.1, 0.15) is 0 Å². The molecule has 1 aliphatic carbocycles. The van der Waals surface area contributed by atoms with E-state index in [-0.39, 0.29) is 11.4 Å². The molecule has 0 radical (unpaired) electrons. The van der Waals surface area contributed by atoms with Crippen molar-refractivity contribution >= 4 is 37.8 Å². The minimum Gasteiger partial charge on any atom is -0.346 e. The van der Waals surface area contributed by atoms with Gasteiger partial charge in [0.15, 0.2) is 0 Å². The van der Waals surface area contributed by atoms with Crippen LogP contribution < -0.4 is 5.32 Å². The molecule has 1 aliphatic rings. The van der Waals surface area contributed by atoms with Crippen molar-refractivity contribution in [2.45, 2.75) is 38.1 Å². The highest BCUT2D eigenvalue weighted by molar-refractivity contribution is 9.10. The predicted octanol–water partition coefficient (Wildman–Crippen LogP) is 4.20. The van der Waals surface area contributed by atoms with E-state index in [1.165, 1.54) is 12.8 Å². The number of amides is 1. The van der Waals surface area contributed by atoms with Crippen LogP contribution in [0.3, 0.4) is 0 Å². The van der Waals surface area contributed by atoms with Crippen LogP contribution in [-0.4, -0.2) is 16.8 Å². The van der Waals surface area contributed by atoms with E-state index in [0.29, 0.717) is 0 Å². The van der Waals surface area contributed by atoms with Crippen molar-refractivity contribution in [3.05, 3.63) is 33.8 Å². The fourth-order valence-electron chi connectivity index (χ4n) is 2.53. The summed E-state index contributed by atoms with van der Waals surface area (Å²) in [4.78, 5) is 12.3. The number of alkyl halides is 1. The fraction of sp³-hybridized carbons (Fsp3) is 0.500. The lowest BCUT2D eigenvalue weighted by atomic mass is 9.99. The molecule has 1 amide bonds. The van der Waals surface area contributed by atoms with Gasteiger partial charge in [-0.1, -0.05) is 44.7 Å². The van der Waals surface area contributed by atoms with E-state index in [2.05, 4.69) is 37.2 Å². The number of carbonyl (C=O) groups is 1. The van der Waals surface area contributed by atoms with E-state index in [9.17, 15) is 4.79 Å². The highest BCUT2D eigenvalue weighted by Crippen LogP contribution is 2.31. The molecule has 1 fully saturated rings. The summed E-state index contributed by atoms with van der Waals surface area (Å²) in [5, 5.41) is 4.05. The second-order valence-electron chi connectivity index (χ2n) is 5.03. The Bertz CT molecular complexity index is 453. The molecule has 98 valence electrons. The number of hydrogen-bond acceptors (Lipinski definition) is 1. The molecule has 1 saturated carbocycles. The van der Waals surface area contributed by atoms with Gasteiger partial charge >= 0.3 is 0 Å². The molecule has 1 N–H and O–H groups in total. The molecule has 18 heavy (non-hydrogen) atoms. The molecule has 2 rings (SSSR count). The van der Waals surface area contributed by atoms with Crippen molar-refractivity contribution in [3.63, 3.8) is 0 Å². The number of benzene rings is 1. The average molecular weight is 375 g/mol. The maximum absolute atomic E-state index is 12.3. The van der Waals surface area contributed by atoms with Crippen LogP contribution in [0.25, 0.3) is 0 Å². The molecule has 0 spiro atoms. The first-order chi connectivity index (χ1) is 8.56. The molecule has 0 saturated heterocycles. The second kappa shape index (κ2) is 5.74. The third-order valence-corrected chi connectivity index (χ3v) is 5.19. The van der Waals surface area contributed by atoms with Crippen LogP contribution in [-0.2, 0) is 0 Å². The molecule has 1 aromatic carbocycles. The van der Waals surface area contributed by atoms with Crippen molar-refractivity contribution in [2.24, 2.45) is 0 Å². The average Bonchev–Trinajstić information content (AvgIpc) is 2.78. The Morgan fingerprint density at radius 3 is 2.61 bits per heavy atom. The van der Waals surface area contributed by atoms with Crippen molar-refractivity contribution in [2.75, 3.05) is 5.33 Å². The van der Waals surface area contributed by atoms with Crippen LogP contribution in [0.15, 0.2) is 22.7 Å². The van der Waals surface area contributed by atoms with E-state index in [4.69, 9.17) is 0 Å². The summed E-state index contributed by atoms with van der Waals surface area (Å²) in [7, 11) is 0. The Morgan fingerprint density at radius 1 is 1.39 bits per heavy atom. The van der Waals surface area contributed by atoms with E-state index >= 15 is 0 Å². The topological polar surface area (TPSA) is 29.1 Å². The standard InChI is InChI=1S/C14H17Br2NO/c1-10-8-11(16)4-5-12(10)13(18)17-14(9-15)6-2-3-7-14/h4-5,8H,2-3,6-7,9H2,1H3,(H,17,18). The summed E-state index contributed by atoms with van der Waals surface area (Å²) in [5.41, 5.74) is 1.73. The summed E-state index contributed by atoms with van der Waals surface area (Å²) in [6.07, 6.45) is 4.54. The summed E-state index contributed by atoms with van der Waals surface area (Å²) in [6, 6.07) is 5.77. The van der Waals surface area contributed by atoms with E-state index in [1.54, 1.807) is 0 Å². The van der Waals surface area contributed by atoms with Gasteiger partial charge in [0, 0.05) is 15.4 Å². The van der Waals surface area contributed by atoms with Crippen molar-refractivity contribution < 1.29 is 4.79 Å². The smallest absolute Gasteiger partial charge is 0.252 e. The summed E-state index contributed by atoms with van der Waals surface area (Å²) >= 11 is 6.96. The Kier molecular flexibility index (Phi) is 4.49. The molecule has 0 heterocycles. The maximum Gasteiger partial charge on any atom is 0.252 e. The van der Waals surface area contributed by atoms with Gasteiger partial charge in [0.05, 0.1) is 5.54 Å². The van der Waals surface area contributed by atoms with Gasteiger partial charge in [-0.2, -0.15) is 0 Å². The van der Waals surface area contributed by atoms with Gasteiger partial charge in [-0.25, -0.2) is 0 Å². The first-order valence-electron chi connectivity index (χ1n) is 6.21. The van der Waals surface area contributed by atoms with Crippen molar-refractivity contribution in [1.82, 2.24) is 5.32 Å². The van der Waals surface area contributed by atoms with Crippen LogP contribution in [0.1, 0.15) is 41.6 Å². The number of nitrogens with one attached hydrogen (secondary N) is 1. The zero-order valence-corrected chi connectivity index (χ0v) is 13.6. The summed E-state index contributed by atoms with van der Waals surface area (Å²) in [6.45, 7) is 1.97. The number of aryl methyl sites for hydroxylation is 1. The molecule has 0 aliphatic heterocycles. The van der Waals surface area contributed by atoms with Crippen LogP contribution in [0.5, 0.6) is 0 Å². The number of hydrogen-bond donors (Lipinski definition) is 1. The highest BCUT2D eigenvalue weighted by Gasteiger charge is 2.34. The molecular weight excluding hydrogens is 358 g/mol. The Balaban J connectivity index is 2.16. The van der Waals surface area contributed by atoms with Gasteiger partial charge in [0.25, 0.3) is 5.91 Å². The van der Waals surface area contributed by atoms with Gasteiger partial charge in [-0.3, -0.25) is 4.79 Å². The first kappa shape index (κ1) is 14.1. The zero-order chi connectivity index (χ0) is 13.2. The summed E-state index contributed by atoms with van der Waals surface area (Å²) < 4.78 is 1.01. The van der Waals surface area contributed by atoms with E-state index < -0.39 is 0 Å². The SMILES string of the molecule is Cc1cc(Br)ccc1C(=O)NC1(CBr)CCCC1. The highest BCUT2D eigenvalue weighted by atomic mass is 79.9. The molecule has 0 bridgehead atoms. The molecule has 0 atom stereocenters. The fourth-order valence-corrected chi connectivity index (χ4v) is 3.71. The molecule has 0 aromatic heterocycles. The lowest BCUT2D eigenvalue weighted by Gasteiger charge is -2.28. The van der Waals surface area contributed by atoms with E-state index in [1.807, 2.05) is 25.1 Å². The van der Waals surface area contributed by atoms with Crippen LogP contribution in [0.2, 0.25) is 0 Å². The van der Waals surface area contributed by atoms with Crippen LogP contribution >= 0.6 is 31.9 Å². The minimum atomic E-state index is -0.0450. The van der Waals surface area contributed by atoms with Crippen LogP contribution in [0, 0.1) is 6.92 Å².